The topological polar surface area (TPSA) is 64.4 Å². The molecule has 0 unspecified atom stereocenters. The molecule has 0 spiro atoms. The molecule has 0 radical (unpaired) electrons. The molecular formula is C21H18N2O3S2. The zero-order valence-electron chi connectivity index (χ0n) is 15.4. The van der Waals surface area contributed by atoms with Gasteiger partial charge in [0.15, 0.2) is 10.9 Å². The van der Waals surface area contributed by atoms with Crippen molar-refractivity contribution >= 4 is 45.1 Å². The number of benzene rings is 2. The van der Waals surface area contributed by atoms with E-state index >= 15 is 0 Å². The Bertz CT molecular complexity index is 1120. The Hall–Kier alpha value is -2.77. The molecule has 4 aromatic rings. The molecule has 0 fully saturated rings. The number of nitrogens with zero attached hydrogens (tertiary/aromatic N) is 1. The van der Waals surface area contributed by atoms with Gasteiger partial charge in [-0.1, -0.05) is 12.1 Å². The van der Waals surface area contributed by atoms with E-state index < -0.39 is 0 Å². The predicted octanol–water partition coefficient (Wildman–Crippen LogP) is 5.47. The van der Waals surface area contributed by atoms with E-state index in [1.165, 1.54) is 16.2 Å². The Morgan fingerprint density at radius 3 is 2.79 bits per heavy atom. The molecule has 0 saturated heterocycles. The molecule has 5 nitrogen and oxygen atoms in total. The summed E-state index contributed by atoms with van der Waals surface area (Å²) >= 11 is 3.05. The van der Waals surface area contributed by atoms with Gasteiger partial charge in [0.1, 0.15) is 17.0 Å². The lowest BCUT2D eigenvalue weighted by atomic mass is 10.1. The summed E-state index contributed by atoms with van der Waals surface area (Å²) in [6.45, 7) is 0. The fourth-order valence-electron chi connectivity index (χ4n) is 2.80. The number of carbonyl (C=O) groups is 1. The summed E-state index contributed by atoms with van der Waals surface area (Å²) < 4.78 is 11.1. The summed E-state index contributed by atoms with van der Waals surface area (Å²) in [4.78, 5) is 18.0. The highest BCUT2D eigenvalue weighted by Crippen LogP contribution is 2.32. The molecule has 0 aliphatic carbocycles. The van der Waals surface area contributed by atoms with Gasteiger partial charge in [-0.05, 0) is 42.2 Å². The van der Waals surface area contributed by atoms with Crippen molar-refractivity contribution in [3.63, 3.8) is 0 Å². The van der Waals surface area contributed by atoms with Crippen molar-refractivity contribution in [1.82, 2.24) is 4.98 Å². The number of anilines is 1. The number of thiazole rings is 1. The number of nitrogens with one attached hydrogen (secondary N) is 1. The van der Waals surface area contributed by atoms with Crippen LogP contribution in [0.5, 0.6) is 5.75 Å². The maximum atomic E-state index is 12.3. The van der Waals surface area contributed by atoms with Gasteiger partial charge < -0.3 is 14.5 Å². The van der Waals surface area contributed by atoms with Crippen molar-refractivity contribution in [3.05, 3.63) is 59.5 Å². The van der Waals surface area contributed by atoms with Crippen LogP contribution in [0.25, 0.3) is 22.4 Å². The first-order valence-corrected chi connectivity index (χ1v) is 10.7. The minimum atomic E-state index is -0.0906. The van der Waals surface area contributed by atoms with Crippen molar-refractivity contribution < 1.29 is 13.9 Å². The molecule has 2 aromatic heterocycles. The lowest BCUT2D eigenvalue weighted by molar-refractivity contribution is -0.115. The van der Waals surface area contributed by atoms with Crippen LogP contribution < -0.4 is 10.1 Å². The predicted molar refractivity (Wildman–Crippen MR) is 114 cm³/mol. The minimum Gasteiger partial charge on any atom is -0.497 e. The second-order valence-corrected chi connectivity index (χ2v) is 7.86. The van der Waals surface area contributed by atoms with Crippen LogP contribution in [0.2, 0.25) is 0 Å². The summed E-state index contributed by atoms with van der Waals surface area (Å²) in [6.07, 6.45) is 2.34. The Morgan fingerprint density at radius 1 is 1.21 bits per heavy atom. The summed E-state index contributed by atoms with van der Waals surface area (Å²) in [5.41, 5.74) is 2.40. The first kappa shape index (κ1) is 18.6. The van der Waals surface area contributed by atoms with E-state index in [0.29, 0.717) is 23.0 Å². The van der Waals surface area contributed by atoms with Gasteiger partial charge in [0.2, 0.25) is 5.91 Å². The molecule has 142 valence electrons. The van der Waals surface area contributed by atoms with E-state index in [0.717, 1.165) is 22.3 Å². The lowest BCUT2D eigenvalue weighted by Gasteiger charge is -2.03. The molecule has 0 aliphatic rings. The first-order chi connectivity index (χ1) is 13.6. The molecule has 0 aliphatic heterocycles. The Balaban J connectivity index is 1.45. The third-order valence-corrected chi connectivity index (χ3v) is 5.76. The summed E-state index contributed by atoms with van der Waals surface area (Å²) in [5, 5.41) is 6.27. The second-order valence-electron chi connectivity index (χ2n) is 6.13. The van der Waals surface area contributed by atoms with Gasteiger partial charge in [0.25, 0.3) is 0 Å². The normalized spacial score (nSPS) is 10.9. The second kappa shape index (κ2) is 8.08. The standard InChI is InChI=1S/C21H18N2O3S2/c1-25-15-6-5-14-10-19(26-18(14)11-15)17-12-28-21(22-17)23-20(24)9-13-3-7-16(27-2)8-4-13/h3-8,10-12H,9H2,1-2H3,(H,22,23,24). The molecule has 2 heterocycles. The van der Waals surface area contributed by atoms with Gasteiger partial charge >= 0.3 is 0 Å². The maximum Gasteiger partial charge on any atom is 0.230 e. The van der Waals surface area contributed by atoms with Gasteiger partial charge in [-0.3, -0.25) is 4.79 Å². The number of ether oxygens (including phenoxy) is 1. The maximum absolute atomic E-state index is 12.3. The molecule has 0 atom stereocenters. The van der Waals surface area contributed by atoms with E-state index in [9.17, 15) is 4.79 Å². The molecule has 1 N–H and O–H groups in total. The summed E-state index contributed by atoms with van der Waals surface area (Å²) in [5.74, 6) is 1.31. The van der Waals surface area contributed by atoms with Crippen LogP contribution >= 0.6 is 23.1 Å². The first-order valence-electron chi connectivity index (χ1n) is 8.61. The molecule has 0 bridgehead atoms. The van der Waals surface area contributed by atoms with Crippen LogP contribution in [0.4, 0.5) is 5.13 Å². The number of aromatic nitrogens is 1. The fraction of sp³-hybridized carbons (Fsp3) is 0.143. The van der Waals surface area contributed by atoms with Crippen LogP contribution in [0.1, 0.15) is 5.56 Å². The van der Waals surface area contributed by atoms with Crippen LogP contribution in [-0.2, 0) is 11.2 Å². The summed E-state index contributed by atoms with van der Waals surface area (Å²) in [7, 11) is 1.62. The van der Waals surface area contributed by atoms with Crippen LogP contribution in [0.15, 0.2) is 63.2 Å². The number of methoxy groups -OCH3 is 1. The molecular weight excluding hydrogens is 392 g/mol. The minimum absolute atomic E-state index is 0.0906. The van der Waals surface area contributed by atoms with Crippen LogP contribution in [-0.4, -0.2) is 24.3 Å². The molecule has 0 saturated carbocycles. The quantitative estimate of drug-likeness (QED) is 0.427. The van der Waals surface area contributed by atoms with E-state index in [-0.39, 0.29) is 5.91 Å². The largest absolute Gasteiger partial charge is 0.497 e. The average Bonchev–Trinajstić information content (AvgIpc) is 3.34. The van der Waals surface area contributed by atoms with E-state index in [1.807, 2.05) is 60.2 Å². The van der Waals surface area contributed by atoms with E-state index in [1.54, 1.807) is 18.9 Å². The summed E-state index contributed by atoms with van der Waals surface area (Å²) in [6, 6.07) is 15.6. The van der Waals surface area contributed by atoms with Gasteiger partial charge in [0.05, 0.1) is 13.5 Å². The Labute approximate surface area is 170 Å². The third-order valence-electron chi connectivity index (χ3n) is 4.25. The number of furan rings is 1. The number of amides is 1. The van der Waals surface area contributed by atoms with E-state index in [2.05, 4.69) is 10.3 Å². The SMILES string of the molecule is COc1ccc2cc(-c3csc(NC(=O)Cc4ccc(SC)cc4)n3)oc2c1. The van der Waals surface area contributed by atoms with Crippen molar-refractivity contribution in [2.75, 3.05) is 18.7 Å². The van der Waals surface area contributed by atoms with Crippen molar-refractivity contribution in [2.45, 2.75) is 11.3 Å². The highest BCUT2D eigenvalue weighted by molar-refractivity contribution is 7.98. The zero-order valence-corrected chi connectivity index (χ0v) is 17.0. The third kappa shape index (κ3) is 4.05. The van der Waals surface area contributed by atoms with Crippen molar-refractivity contribution in [2.24, 2.45) is 0 Å². The Kier molecular flexibility index (Phi) is 5.36. The van der Waals surface area contributed by atoms with Gasteiger partial charge in [-0.2, -0.15) is 0 Å². The number of rotatable bonds is 6. The average molecular weight is 411 g/mol. The van der Waals surface area contributed by atoms with Gasteiger partial charge in [-0.15, -0.1) is 23.1 Å². The molecule has 2 aromatic carbocycles. The van der Waals surface area contributed by atoms with E-state index in [4.69, 9.17) is 9.15 Å². The van der Waals surface area contributed by atoms with Crippen molar-refractivity contribution in [1.29, 1.82) is 0 Å². The number of hydrogen-bond donors (Lipinski definition) is 1. The smallest absolute Gasteiger partial charge is 0.230 e. The highest BCUT2D eigenvalue weighted by atomic mass is 32.2. The van der Waals surface area contributed by atoms with Gasteiger partial charge in [0, 0.05) is 21.7 Å². The molecule has 4 rings (SSSR count). The fourth-order valence-corrected chi connectivity index (χ4v) is 3.93. The number of hydrogen-bond acceptors (Lipinski definition) is 6. The Morgan fingerprint density at radius 2 is 2.04 bits per heavy atom. The number of carbonyl (C=O) groups excluding carboxylic acids is 1. The molecule has 28 heavy (non-hydrogen) atoms. The van der Waals surface area contributed by atoms with Crippen molar-refractivity contribution in [3.8, 4) is 17.2 Å². The lowest BCUT2D eigenvalue weighted by Crippen LogP contribution is -2.14. The number of thioether (sulfide) groups is 1. The van der Waals surface area contributed by atoms with Crippen LogP contribution in [0, 0.1) is 0 Å². The monoisotopic (exact) mass is 410 g/mol. The zero-order chi connectivity index (χ0) is 19.5. The molecule has 7 heteroatoms. The highest BCUT2D eigenvalue weighted by Gasteiger charge is 2.13. The molecule has 1 amide bonds. The number of fused-ring (bicyclic) bond motifs is 1. The van der Waals surface area contributed by atoms with Gasteiger partial charge in [-0.25, -0.2) is 4.98 Å². The van der Waals surface area contributed by atoms with Crippen LogP contribution in [0.3, 0.4) is 0 Å².